The van der Waals surface area contributed by atoms with Crippen LogP contribution >= 0.6 is 0 Å². The first-order valence-corrected chi connectivity index (χ1v) is 23.9. The Morgan fingerprint density at radius 3 is 0.662 bits per heavy atom. The van der Waals surface area contributed by atoms with Gasteiger partial charge < -0.3 is 40.2 Å². The molecule has 0 radical (unpaired) electrons. The quantitative estimate of drug-likeness (QED) is 0.0595. The lowest BCUT2D eigenvalue weighted by Gasteiger charge is -2.17. The van der Waals surface area contributed by atoms with E-state index in [-0.39, 0.29) is 11.6 Å². The lowest BCUT2D eigenvalue weighted by molar-refractivity contribution is -0.149. The summed E-state index contributed by atoms with van der Waals surface area (Å²) in [6.07, 6.45) is 12.3. The zero-order valence-electron chi connectivity index (χ0n) is 43.9. The van der Waals surface area contributed by atoms with Crippen molar-refractivity contribution in [2.24, 2.45) is 20.0 Å². The number of ether oxygens (including phenoxy) is 4. The van der Waals surface area contributed by atoms with Crippen molar-refractivity contribution in [3.63, 3.8) is 0 Å². The molecule has 0 saturated carbocycles. The summed E-state index contributed by atoms with van der Waals surface area (Å²) in [7, 11) is 0. The van der Waals surface area contributed by atoms with Crippen LogP contribution < -0.4 is 21.3 Å². The van der Waals surface area contributed by atoms with Gasteiger partial charge in [-0.3, -0.25) is 0 Å². The van der Waals surface area contributed by atoms with Gasteiger partial charge >= 0.3 is 23.9 Å². The highest BCUT2D eigenvalue weighted by Gasteiger charge is 2.26. The van der Waals surface area contributed by atoms with Crippen LogP contribution in [0.1, 0.15) is 105 Å². The molecule has 4 aromatic rings. The maximum atomic E-state index is 12.3. The zero-order chi connectivity index (χ0) is 53.8. The third kappa shape index (κ3) is 18.5. The number of anilines is 4. The Bertz CT molecular complexity index is 2600. The molecule has 0 fully saturated rings. The molecular formula is C58H64N8O8. The summed E-state index contributed by atoms with van der Waals surface area (Å²) in [5.41, 5.74) is 3.37. The van der Waals surface area contributed by atoms with Gasteiger partial charge in [-0.05, 0) is 178 Å². The van der Waals surface area contributed by atoms with Gasteiger partial charge in [-0.2, -0.15) is 0 Å². The SMILES string of the molecule is CC(C)(C)OC(=O)/C=C\c1ccc(NC2=NC(=C3N=C(Nc4ccc(/C=C\C(=O)OC(C)(C)C)cc4)C(Nc4ccc(/C=C\C(=O)OC(C)(C)C)cc4)=N3)N=C2Nc2ccc(/C=C\C(=O)OC(C)(C)C)cc2)cc1. The van der Waals surface area contributed by atoms with Gasteiger partial charge in [0.15, 0.2) is 23.3 Å². The molecule has 16 nitrogen and oxygen atoms in total. The summed E-state index contributed by atoms with van der Waals surface area (Å²) in [4.78, 5) is 68.9. The smallest absolute Gasteiger partial charge is 0.331 e. The van der Waals surface area contributed by atoms with Crippen LogP contribution in [0.15, 0.2) is 153 Å². The highest BCUT2D eigenvalue weighted by atomic mass is 16.6. The number of esters is 4. The topological polar surface area (TPSA) is 203 Å². The van der Waals surface area contributed by atoms with Gasteiger partial charge in [0.2, 0.25) is 11.6 Å². The van der Waals surface area contributed by atoms with E-state index in [1.807, 2.05) is 180 Å². The minimum absolute atomic E-state index is 0.199. The second kappa shape index (κ2) is 23.3. The van der Waals surface area contributed by atoms with E-state index in [0.717, 1.165) is 22.3 Å². The third-order valence-electron chi connectivity index (χ3n) is 9.49. The van der Waals surface area contributed by atoms with Gasteiger partial charge in [-0.15, -0.1) is 0 Å². The third-order valence-corrected chi connectivity index (χ3v) is 9.49. The fraction of sp³-hybridized carbons (Fsp3) is 0.276. The zero-order valence-corrected chi connectivity index (χ0v) is 43.9. The number of nitrogens with one attached hydrogen (secondary N) is 4. The van der Waals surface area contributed by atoms with Crippen LogP contribution in [0, 0.1) is 0 Å². The molecule has 0 aromatic heterocycles. The average Bonchev–Trinajstić information content (AvgIpc) is 3.88. The monoisotopic (exact) mass is 1000 g/mol. The Hall–Kier alpha value is -8.66. The van der Waals surface area contributed by atoms with Crippen molar-refractivity contribution in [3.8, 4) is 0 Å². The van der Waals surface area contributed by atoms with Crippen molar-refractivity contribution in [2.45, 2.75) is 105 Å². The van der Waals surface area contributed by atoms with Crippen LogP contribution in [0.5, 0.6) is 0 Å². The van der Waals surface area contributed by atoms with Gasteiger partial charge in [-0.1, -0.05) is 48.5 Å². The summed E-state index contributed by atoms with van der Waals surface area (Å²) < 4.78 is 21.6. The molecule has 0 saturated heterocycles. The standard InChI is InChI=1S/C58H64N8O8/c1-55(2,3)71-45(67)33-21-37-13-25-41(26-14-37)59-49-50(60-42-27-15-38(16-28-42)22-34-46(68)72-56(4,5)6)64-53(63-49)54-65-51(61-43-29-17-39(18-30-43)23-35-47(69)73-57(7,8)9)52(66-54)62-44-31-19-40(20-32-44)24-36-48(70)74-58(10,11)12/h13-36H,1-12H3,(H,59,63)(H,60,64)(H,61,65)(H,62,66)/b33-21-,34-22-,35-23-,36-24-. The maximum Gasteiger partial charge on any atom is 0.331 e. The highest BCUT2D eigenvalue weighted by molar-refractivity contribution is 6.51. The van der Waals surface area contributed by atoms with Gasteiger partial charge in [0.25, 0.3) is 0 Å². The molecule has 4 N–H and O–H groups in total. The number of benzene rings is 4. The van der Waals surface area contributed by atoms with Crippen LogP contribution in [0.2, 0.25) is 0 Å². The van der Waals surface area contributed by atoms with E-state index in [4.69, 9.17) is 38.9 Å². The second-order valence-electron chi connectivity index (χ2n) is 20.9. The summed E-state index contributed by atoms with van der Waals surface area (Å²) in [6.45, 7) is 21.7. The Balaban J connectivity index is 1.32. The lowest BCUT2D eigenvalue weighted by atomic mass is 10.1. The van der Waals surface area contributed by atoms with Crippen molar-refractivity contribution in [2.75, 3.05) is 21.3 Å². The van der Waals surface area contributed by atoms with E-state index in [1.165, 1.54) is 24.3 Å². The molecule has 0 aliphatic carbocycles. The predicted molar refractivity (Wildman–Crippen MR) is 297 cm³/mol. The molecule has 16 heteroatoms. The molecule has 0 spiro atoms. The summed E-state index contributed by atoms with van der Waals surface area (Å²) >= 11 is 0. The molecule has 4 aromatic carbocycles. The Kier molecular flexibility index (Phi) is 17.2. The number of hydrogen-bond acceptors (Lipinski definition) is 16. The van der Waals surface area contributed by atoms with Crippen molar-refractivity contribution in [1.29, 1.82) is 0 Å². The largest absolute Gasteiger partial charge is 0.457 e. The molecule has 0 atom stereocenters. The molecule has 0 amide bonds. The molecule has 2 aliphatic heterocycles. The van der Waals surface area contributed by atoms with Crippen molar-refractivity contribution >= 4 is 94.3 Å². The lowest BCUT2D eigenvalue weighted by Crippen LogP contribution is -2.27. The summed E-state index contributed by atoms with van der Waals surface area (Å²) in [5.74, 6) is 0.0774. The van der Waals surface area contributed by atoms with Crippen LogP contribution in [-0.2, 0) is 38.1 Å². The molecule has 6 rings (SSSR count). The van der Waals surface area contributed by atoms with Gasteiger partial charge in [0, 0.05) is 47.1 Å². The predicted octanol–water partition coefficient (Wildman–Crippen LogP) is 11.6. The average molecular weight is 1000 g/mol. The number of aliphatic imine (C=N–C) groups is 4. The van der Waals surface area contributed by atoms with Gasteiger partial charge in [-0.25, -0.2) is 39.1 Å². The number of amidine groups is 4. The van der Waals surface area contributed by atoms with Gasteiger partial charge in [0.1, 0.15) is 22.4 Å². The minimum atomic E-state index is -0.612. The maximum absolute atomic E-state index is 12.3. The Morgan fingerprint density at radius 1 is 0.324 bits per heavy atom. The normalized spacial score (nSPS) is 14.2. The number of hydrogen-bond donors (Lipinski definition) is 4. The van der Waals surface area contributed by atoms with Crippen LogP contribution in [0.3, 0.4) is 0 Å². The van der Waals surface area contributed by atoms with E-state index < -0.39 is 46.3 Å². The molecule has 0 unspecified atom stereocenters. The minimum Gasteiger partial charge on any atom is -0.457 e. The molecule has 0 bridgehead atoms. The fourth-order valence-electron chi connectivity index (χ4n) is 6.49. The van der Waals surface area contributed by atoms with Crippen LogP contribution in [-0.4, -0.2) is 69.6 Å². The number of carbonyl (C=O) groups is 4. The second-order valence-corrected chi connectivity index (χ2v) is 20.9. The van der Waals surface area contributed by atoms with Crippen molar-refractivity contribution in [1.82, 2.24) is 0 Å². The highest BCUT2D eigenvalue weighted by Crippen LogP contribution is 2.26. The number of rotatable bonds is 12. The molecular weight excluding hydrogens is 937 g/mol. The first-order chi connectivity index (χ1) is 34.7. The number of carbonyl (C=O) groups excluding carboxylic acids is 4. The van der Waals surface area contributed by atoms with E-state index in [0.29, 0.717) is 46.1 Å². The summed E-state index contributed by atoms with van der Waals surface area (Å²) in [5, 5.41) is 13.5. The van der Waals surface area contributed by atoms with Crippen LogP contribution in [0.4, 0.5) is 22.7 Å². The summed E-state index contributed by atoms with van der Waals surface area (Å²) in [6, 6.07) is 29.6. The van der Waals surface area contributed by atoms with Crippen molar-refractivity contribution in [3.05, 3.63) is 155 Å². The van der Waals surface area contributed by atoms with E-state index in [2.05, 4.69) is 21.3 Å². The molecule has 384 valence electrons. The Labute approximate surface area is 432 Å². The first kappa shape index (κ1) is 54.7. The van der Waals surface area contributed by atoms with Gasteiger partial charge in [0.05, 0.1) is 0 Å². The molecule has 74 heavy (non-hydrogen) atoms. The van der Waals surface area contributed by atoms with Crippen molar-refractivity contribution < 1.29 is 38.1 Å². The molecule has 2 heterocycles. The fourth-order valence-corrected chi connectivity index (χ4v) is 6.49. The Morgan fingerprint density at radius 2 is 0.500 bits per heavy atom. The van der Waals surface area contributed by atoms with Crippen LogP contribution in [0.25, 0.3) is 24.3 Å². The number of nitrogens with zero attached hydrogens (tertiary/aromatic N) is 4. The van der Waals surface area contributed by atoms with E-state index >= 15 is 0 Å². The first-order valence-electron chi connectivity index (χ1n) is 23.9. The molecule has 2 aliphatic rings. The van der Waals surface area contributed by atoms with E-state index in [1.54, 1.807) is 24.3 Å². The van der Waals surface area contributed by atoms with E-state index in [9.17, 15) is 19.2 Å².